The van der Waals surface area contributed by atoms with Crippen LogP contribution in [0.2, 0.25) is 0 Å². The van der Waals surface area contributed by atoms with Crippen molar-refractivity contribution in [3.8, 4) is 11.3 Å². The summed E-state index contributed by atoms with van der Waals surface area (Å²) >= 11 is 4.83. The number of hydrogen-bond acceptors (Lipinski definition) is 3. The molecule has 25 heavy (non-hydrogen) atoms. The number of nitrogens with one attached hydrogen (secondary N) is 1. The summed E-state index contributed by atoms with van der Waals surface area (Å²) in [7, 11) is 0. The second-order valence-corrected chi connectivity index (χ2v) is 6.98. The molecule has 126 valence electrons. The lowest BCUT2D eigenvalue weighted by Crippen LogP contribution is -2.24. The Hall–Kier alpha value is -2.44. The molecule has 0 radical (unpaired) electrons. The zero-order chi connectivity index (χ0) is 17.6. The Morgan fingerprint density at radius 1 is 1.20 bits per heavy atom. The van der Waals surface area contributed by atoms with Crippen molar-refractivity contribution in [2.45, 2.75) is 6.54 Å². The first-order chi connectivity index (χ1) is 12.2. The Morgan fingerprint density at radius 3 is 2.60 bits per heavy atom. The molecule has 2 aromatic carbocycles. The maximum Gasteiger partial charge on any atom is 0.271 e. The molecule has 6 heteroatoms. The van der Waals surface area contributed by atoms with Crippen LogP contribution in [-0.2, 0) is 6.54 Å². The fraction of sp³-hybridized carbons (Fsp3) is 0.0526. The van der Waals surface area contributed by atoms with Crippen molar-refractivity contribution in [2.24, 2.45) is 5.10 Å². The van der Waals surface area contributed by atoms with Crippen LogP contribution in [0.4, 0.5) is 0 Å². The second kappa shape index (κ2) is 8.09. The van der Waals surface area contributed by atoms with Crippen molar-refractivity contribution in [1.82, 2.24) is 9.99 Å². The summed E-state index contributed by atoms with van der Waals surface area (Å²) in [5.74, 6) is -0.243. The molecule has 1 heterocycles. The van der Waals surface area contributed by atoms with Gasteiger partial charge in [-0.25, -0.2) is 5.43 Å². The van der Waals surface area contributed by atoms with Gasteiger partial charge in [-0.15, -0.1) is 23.0 Å². The molecule has 0 spiro atoms. The minimum atomic E-state index is -0.243. The molecule has 0 bridgehead atoms. The maximum atomic E-state index is 12.2. The highest BCUT2D eigenvalue weighted by Gasteiger charge is 2.08. The summed E-state index contributed by atoms with van der Waals surface area (Å²) in [4.78, 5) is 12.9. The molecule has 1 amide bonds. The molecule has 3 rings (SSSR count). The summed E-state index contributed by atoms with van der Waals surface area (Å²) in [6.45, 7) is 4.42. The van der Waals surface area contributed by atoms with E-state index in [9.17, 15) is 4.79 Å². The maximum absolute atomic E-state index is 12.2. The minimum absolute atomic E-state index is 0.243. The number of halogens is 1. The highest BCUT2D eigenvalue weighted by atomic mass is 79.9. The van der Waals surface area contributed by atoms with Crippen molar-refractivity contribution < 1.29 is 4.79 Å². The van der Waals surface area contributed by atoms with Crippen molar-refractivity contribution in [3.05, 3.63) is 87.5 Å². The van der Waals surface area contributed by atoms with Gasteiger partial charge in [0.05, 0.1) is 5.69 Å². The molecule has 1 aromatic heterocycles. The number of carbonyl (C=O) groups excluding carboxylic acids is 1. The van der Waals surface area contributed by atoms with Gasteiger partial charge in [0.25, 0.3) is 5.91 Å². The molecule has 4 nitrogen and oxygen atoms in total. The van der Waals surface area contributed by atoms with Gasteiger partial charge >= 0.3 is 0 Å². The van der Waals surface area contributed by atoms with E-state index >= 15 is 0 Å². The second-order valence-electron chi connectivity index (χ2n) is 5.23. The Balaban J connectivity index is 1.90. The summed E-state index contributed by atoms with van der Waals surface area (Å²) in [5.41, 5.74) is 5.32. The fourth-order valence-corrected chi connectivity index (χ4v) is 3.47. The van der Waals surface area contributed by atoms with Crippen molar-refractivity contribution in [1.29, 1.82) is 0 Å². The average Bonchev–Trinajstić information content (AvgIpc) is 3.04. The number of amides is 1. The van der Waals surface area contributed by atoms with Crippen LogP contribution in [0.1, 0.15) is 10.4 Å². The highest BCUT2D eigenvalue weighted by Crippen LogP contribution is 2.19. The largest absolute Gasteiger partial charge is 0.311 e. The van der Waals surface area contributed by atoms with Gasteiger partial charge in [-0.05, 0) is 29.8 Å². The van der Waals surface area contributed by atoms with E-state index in [1.807, 2.05) is 58.5 Å². The monoisotopic (exact) mass is 413 g/mol. The summed E-state index contributed by atoms with van der Waals surface area (Å²) in [5, 5.41) is 6.32. The van der Waals surface area contributed by atoms with Crippen LogP contribution in [0.15, 0.2) is 82.2 Å². The fourth-order valence-electron chi connectivity index (χ4n) is 2.33. The van der Waals surface area contributed by atoms with Gasteiger partial charge in [-0.3, -0.25) is 4.79 Å². The first-order valence-corrected chi connectivity index (χ1v) is 9.30. The van der Waals surface area contributed by atoms with Gasteiger partial charge in [0.1, 0.15) is 0 Å². The van der Waals surface area contributed by atoms with E-state index < -0.39 is 0 Å². The molecule has 1 N–H and O–H groups in total. The number of nitrogens with zero attached hydrogens (tertiary/aromatic N) is 2. The predicted octanol–water partition coefficient (Wildman–Crippen LogP) is 4.41. The lowest BCUT2D eigenvalue weighted by atomic mass is 10.2. The molecule has 3 aromatic rings. The van der Waals surface area contributed by atoms with Gasteiger partial charge < -0.3 is 4.57 Å². The van der Waals surface area contributed by atoms with Crippen molar-refractivity contribution in [2.75, 3.05) is 0 Å². The normalized spacial score (nSPS) is 11.3. The SMILES string of the molecule is C=CCn1c(-c2ccccc2)csc1=NNC(=O)c1ccc(Br)cc1. The van der Waals surface area contributed by atoms with E-state index in [1.165, 1.54) is 11.3 Å². The molecule has 0 fully saturated rings. The zero-order valence-electron chi connectivity index (χ0n) is 13.4. The van der Waals surface area contributed by atoms with E-state index in [4.69, 9.17) is 0 Å². The Labute approximate surface area is 158 Å². The van der Waals surface area contributed by atoms with Crippen LogP contribution in [0.5, 0.6) is 0 Å². The average molecular weight is 414 g/mol. The summed E-state index contributed by atoms with van der Waals surface area (Å²) in [6, 6.07) is 17.2. The zero-order valence-corrected chi connectivity index (χ0v) is 15.8. The first kappa shape index (κ1) is 17.4. The number of rotatable bonds is 5. The third-order valence-corrected chi connectivity index (χ3v) is 4.93. The molecule has 0 atom stereocenters. The molecule has 0 aliphatic heterocycles. The Morgan fingerprint density at radius 2 is 1.92 bits per heavy atom. The van der Waals surface area contributed by atoms with Crippen molar-refractivity contribution in [3.63, 3.8) is 0 Å². The molecule has 0 aliphatic rings. The minimum Gasteiger partial charge on any atom is -0.311 e. The molecular formula is C19H16BrN3OS. The number of benzene rings is 2. The van der Waals surface area contributed by atoms with Crippen LogP contribution >= 0.6 is 27.3 Å². The van der Waals surface area contributed by atoms with Crippen molar-refractivity contribution >= 4 is 33.2 Å². The topological polar surface area (TPSA) is 46.4 Å². The van der Waals surface area contributed by atoms with Gasteiger partial charge in [-0.2, -0.15) is 0 Å². The molecule has 0 aliphatic carbocycles. The van der Waals surface area contributed by atoms with E-state index in [2.05, 4.69) is 33.0 Å². The summed E-state index contributed by atoms with van der Waals surface area (Å²) in [6.07, 6.45) is 1.81. The van der Waals surface area contributed by atoms with Crippen LogP contribution in [0, 0.1) is 0 Å². The third-order valence-electron chi connectivity index (χ3n) is 3.54. The van der Waals surface area contributed by atoms with E-state index in [-0.39, 0.29) is 5.91 Å². The Kier molecular flexibility index (Phi) is 5.63. The number of aromatic nitrogens is 1. The quantitative estimate of drug-likeness (QED) is 0.488. The van der Waals surface area contributed by atoms with Crippen LogP contribution in [0.3, 0.4) is 0 Å². The number of carbonyl (C=O) groups is 1. The lowest BCUT2D eigenvalue weighted by Gasteiger charge is -2.06. The van der Waals surface area contributed by atoms with E-state index in [0.29, 0.717) is 16.9 Å². The van der Waals surface area contributed by atoms with E-state index in [0.717, 1.165) is 15.7 Å². The van der Waals surface area contributed by atoms with Gasteiger partial charge in [0.15, 0.2) is 0 Å². The third kappa shape index (κ3) is 4.15. The number of thiazole rings is 1. The first-order valence-electron chi connectivity index (χ1n) is 7.63. The van der Waals surface area contributed by atoms with Gasteiger partial charge in [0, 0.05) is 22.0 Å². The highest BCUT2D eigenvalue weighted by molar-refractivity contribution is 9.10. The van der Waals surface area contributed by atoms with Gasteiger partial charge in [-0.1, -0.05) is 52.3 Å². The molecule has 0 saturated heterocycles. The molecule has 0 saturated carbocycles. The Bertz CT molecular complexity index is 943. The van der Waals surface area contributed by atoms with E-state index in [1.54, 1.807) is 12.1 Å². The number of hydrogen-bond donors (Lipinski definition) is 1. The van der Waals surface area contributed by atoms with Gasteiger partial charge in [0.2, 0.25) is 4.80 Å². The standard InChI is InChI=1S/C19H16BrN3OS/c1-2-12-23-17(14-6-4-3-5-7-14)13-25-19(23)22-21-18(24)15-8-10-16(20)11-9-15/h2-11,13H,1,12H2,(H,21,24). The lowest BCUT2D eigenvalue weighted by molar-refractivity contribution is 0.0953. The van der Waals surface area contributed by atoms with Crippen LogP contribution in [0.25, 0.3) is 11.3 Å². The predicted molar refractivity (Wildman–Crippen MR) is 105 cm³/mol. The summed E-state index contributed by atoms with van der Waals surface area (Å²) < 4.78 is 2.95. The molecule has 0 unspecified atom stereocenters. The van der Waals surface area contributed by atoms with Crippen LogP contribution < -0.4 is 10.2 Å². The van der Waals surface area contributed by atoms with Crippen LogP contribution in [-0.4, -0.2) is 10.5 Å². The smallest absolute Gasteiger partial charge is 0.271 e. The molecular weight excluding hydrogens is 398 g/mol. The number of allylic oxidation sites excluding steroid dienone is 1.